The second-order valence-electron chi connectivity index (χ2n) is 4.13. The Morgan fingerprint density at radius 3 is 2.73 bits per heavy atom. The Morgan fingerprint density at radius 1 is 1.47 bits per heavy atom. The van der Waals surface area contributed by atoms with Gasteiger partial charge in [0.1, 0.15) is 5.82 Å². The van der Waals surface area contributed by atoms with Crippen LogP contribution in [0.25, 0.3) is 0 Å². The van der Waals surface area contributed by atoms with Crippen LogP contribution in [0.4, 0.5) is 4.39 Å². The molecule has 1 saturated heterocycles. The van der Waals surface area contributed by atoms with Crippen molar-refractivity contribution in [2.75, 3.05) is 20.1 Å². The molecule has 0 saturated carbocycles. The Labute approximate surface area is 93.8 Å². The van der Waals surface area contributed by atoms with Crippen molar-refractivity contribution < 1.29 is 4.39 Å². The molecule has 1 aromatic carbocycles. The SMILES string of the molecule is CN1C[C@H](c2c(F)cccc2Cl)[C@@H](N)C1. The first-order valence-electron chi connectivity index (χ1n) is 4.97. The normalized spacial score (nSPS) is 27.2. The summed E-state index contributed by atoms with van der Waals surface area (Å²) in [6.07, 6.45) is 0. The van der Waals surface area contributed by atoms with Crippen molar-refractivity contribution in [3.05, 3.63) is 34.6 Å². The fourth-order valence-electron chi connectivity index (χ4n) is 2.20. The first-order valence-corrected chi connectivity index (χ1v) is 5.35. The average molecular weight is 229 g/mol. The van der Waals surface area contributed by atoms with Crippen molar-refractivity contribution in [3.8, 4) is 0 Å². The lowest BCUT2D eigenvalue weighted by Gasteiger charge is -2.16. The van der Waals surface area contributed by atoms with E-state index in [2.05, 4.69) is 4.90 Å². The maximum Gasteiger partial charge on any atom is 0.128 e. The van der Waals surface area contributed by atoms with Gasteiger partial charge in [-0.3, -0.25) is 0 Å². The average Bonchev–Trinajstić information content (AvgIpc) is 2.45. The highest BCUT2D eigenvalue weighted by atomic mass is 35.5. The molecular formula is C11H14ClFN2. The Kier molecular flexibility index (Phi) is 2.96. The maximum atomic E-state index is 13.6. The highest BCUT2D eigenvalue weighted by Crippen LogP contribution is 2.32. The molecule has 2 atom stereocenters. The number of hydrogen-bond donors (Lipinski definition) is 1. The Hall–Kier alpha value is -0.640. The van der Waals surface area contributed by atoms with Crippen molar-refractivity contribution >= 4 is 11.6 Å². The van der Waals surface area contributed by atoms with Crippen LogP contribution in [-0.2, 0) is 0 Å². The van der Waals surface area contributed by atoms with Gasteiger partial charge in [0.2, 0.25) is 0 Å². The van der Waals surface area contributed by atoms with Gasteiger partial charge in [-0.1, -0.05) is 17.7 Å². The van der Waals surface area contributed by atoms with Crippen LogP contribution < -0.4 is 5.73 Å². The summed E-state index contributed by atoms with van der Waals surface area (Å²) in [6, 6.07) is 4.73. The molecule has 15 heavy (non-hydrogen) atoms. The van der Waals surface area contributed by atoms with Crippen LogP contribution in [0.3, 0.4) is 0 Å². The zero-order valence-electron chi connectivity index (χ0n) is 8.58. The van der Waals surface area contributed by atoms with Crippen LogP contribution >= 0.6 is 11.6 Å². The van der Waals surface area contributed by atoms with Crippen LogP contribution in [0.5, 0.6) is 0 Å². The summed E-state index contributed by atoms with van der Waals surface area (Å²) in [5.74, 6) is -0.248. The van der Waals surface area contributed by atoms with Crippen LogP contribution in [0.2, 0.25) is 5.02 Å². The van der Waals surface area contributed by atoms with E-state index in [1.54, 1.807) is 12.1 Å². The summed E-state index contributed by atoms with van der Waals surface area (Å²) >= 11 is 6.01. The minimum Gasteiger partial charge on any atom is -0.326 e. The molecule has 0 amide bonds. The molecule has 1 aliphatic heterocycles. The maximum absolute atomic E-state index is 13.6. The highest BCUT2D eigenvalue weighted by Gasteiger charge is 2.32. The van der Waals surface area contributed by atoms with E-state index >= 15 is 0 Å². The Balaban J connectivity index is 2.37. The number of likely N-dealkylation sites (N-methyl/N-ethyl adjacent to an activating group) is 1. The van der Waals surface area contributed by atoms with Crippen molar-refractivity contribution in [3.63, 3.8) is 0 Å². The second kappa shape index (κ2) is 4.08. The van der Waals surface area contributed by atoms with Gasteiger partial charge in [0.25, 0.3) is 0 Å². The number of halogens is 2. The zero-order valence-corrected chi connectivity index (χ0v) is 9.34. The minimum absolute atomic E-state index is 0.00343. The first-order chi connectivity index (χ1) is 7.09. The minimum atomic E-state index is -0.252. The fourth-order valence-corrected chi connectivity index (χ4v) is 2.51. The number of nitrogens with zero attached hydrogens (tertiary/aromatic N) is 1. The van der Waals surface area contributed by atoms with Crippen LogP contribution in [0.1, 0.15) is 11.5 Å². The van der Waals surface area contributed by atoms with Gasteiger partial charge in [0, 0.05) is 35.6 Å². The summed E-state index contributed by atoms with van der Waals surface area (Å²) in [7, 11) is 1.98. The third-order valence-corrected chi connectivity index (χ3v) is 3.25. The van der Waals surface area contributed by atoms with E-state index in [9.17, 15) is 4.39 Å². The quantitative estimate of drug-likeness (QED) is 0.795. The molecule has 1 heterocycles. The molecule has 82 valence electrons. The van der Waals surface area contributed by atoms with Crippen LogP contribution in [-0.4, -0.2) is 31.1 Å². The Morgan fingerprint density at radius 2 is 2.20 bits per heavy atom. The van der Waals surface area contributed by atoms with Crippen LogP contribution in [0, 0.1) is 5.82 Å². The molecule has 2 rings (SSSR count). The largest absolute Gasteiger partial charge is 0.326 e. The van der Waals surface area contributed by atoms with E-state index in [0.717, 1.165) is 13.1 Å². The topological polar surface area (TPSA) is 29.3 Å². The number of hydrogen-bond acceptors (Lipinski definition) is 2. The van der Waals surface area contributed by atoms with Gasteiger partial charge in [0.15, 0.2) is 0 Å². The molecule has 0 radical (unpaired) electrons. The van der Waals surface area contributed by atoms with Gasteiger partial charge < -0.3 is 10.6 Å². The summed E-state index contributed by atoms with van der Waals surface area (Å²) < 4.78 is 13.6. The number of rotatable bonds is 1. The molecule has 0 bridgehead atoms. The number of likely N-dealkylation sites (tertiary alicyclic amines) is 1. The molecule has 2 N–H and O–H groups in total. The van der Waals surface area contributed by atoms with E-state index < -0.39 is 0 Å². The molecule has 1 aliphatic rings. The first kappa shape index (κ1) is 10.9. The third-order valence-electron chi connectivity index (χ3n) is 2.92. The lowest BCUT2D eigenvalue weighted by atomic mass is 9.94. The standard InChI is InChI=1S/C11H14ClFN2/c1-15-5-7(10(14)6-15)11-8(12)3-2-4-9(11)13/h2-4,7,10H,5-6,14H2,1H3/t7-,10-/m0/s1. The van der Waals surface area contributed by atoms with Crippen molar-refractivity contribution in [2.24, 2.45) is 5.73 Å². The summed E-state index contributed by atoms with van der Waals surface area (Å²) in [6.45, 7) is 1.55. The molecule has 2 nitrogen and oxygen atoms in total. The highest BCUT2D eigenvalue weighted by molar-refractivity contribution is 6.31. The monoisotopic (exact) mass is 228 g/mol. The third kappa shape index (κ3) is 2.00. The predicted octanol–water partition coefficient (Wildman–Crippen LogP) is 1.84. The van der Waals surface area contributed by atoms with E-state index in [0.29, 0.717) is 10.6 Å². The van der Waals surface area contributed by atoms with E-state index in [4.69, 9.17) is 17.3 Å². The Bertz CT molecular complexity index is 349. The van der Waals surface area contributed by atoms with E-state index in [1.165, 1.54) is 6.07 Å². The van der Waals surface area contributed by atoms with Gasteiger partial charge >= 0.3 is 0 Å². The van der Waals surface area contributed by atoms with Crippen molar-refractivity contribution in [2.45, 2.75) is 12.0 Å². The lowest BCUT2D eigenvalue weighted by Crippen LogP contribution is -2.28. The van der Waals surface area contributed by atoms with Crippen molar-refractivity contribution in [1.82, 2.24) is 4.90 Å². The molecule has 0 aromatic heterocycles. The van der Waals surface area contributed by atoms with Gasteiger partial charge in [-0.05, 0) is 19.2 Å². The molecule has 0 aliphatic carbocycles. The van der Waals surface area contributed by atoms with E-state index in [1.807, 2.05) is 7.05 Å². The molecule has 1 fully saturated rings. The fraction of sp³-hybridized carbons (Fsp3) is 0.455. The summed E-state index contributed by atoms with van der Waals surface area (Å²) in [4.78, 5) is 2.10. The molecular weight excluding hydrogens is 215 g/mol. The van der Waals surface area contributed by atoms with Gasteiger partial charge in [0.05, 0.1) is 0 Å². The molecule has 4 heteroatoms. The summed E-state index contributed by atoms with van der Waals surface area (Å²) in [5.41, 5.74) is 6.54. The molecule has 0 spiro atoms. The smallest absolute Gasteiger partial charge is 0.128 e. The molecule has 0 unspecified atom stereocenters. The zero-order chi connectivity index (χ0) is 11.0. The second-order valence-corrected chi connectivity index (χ2v) is 4.53. The van der Waals surface area contributed by atoms with E-state index in [-0.39, 0.29) is 17.8 Å². The van der Waals surface area contributed by atoms with Crippen molar-refractivity contribution in [1.29, 1.82) is 0 Å². The lowest BCUT2D eigenvalue weighted by molar-refractivity contribution is 0.406. The molecule has 1 aromatic rings. The van der Waals surface area contributed by atoms with Gasteiger partial charge in [-0.2, -0.15) is 0 Å². The van der Waals surface area contributed by atoms with Gasteiger partial charge in [-0.25, -0.2) is 4.39 Å². The van der Waals surface area contributed by atoms with Gasteiger partial charge in [-0.15, -0.1) is 0 Å². The number of benzene rings is 1. The predicted molar refractivity (Wildman–Crippen MR) is 59.6 cm³/mol. The number of nitrogens with two attached hydrogens (primary N) is 1. The van der Waals surface area contributed by atoms with Crippen LogP contribution in [0.15, 0.2) is 18.2 Å². The summed E-state index contributed by atoms with van der Waals surface area (Å²) in [5, 5.41) is 0.478.